The maximum Gasteiger partial charge on any atom is 0.184 e. The molecule has 2 aromatic rings. The second kappa shape index (κ2) is 7.20. The molecule has 10 nitrogen and oxygen atoms in total. The monoisotopic (exact) mass is 452 g/mol. The summed E-state index contributed by atoms with van der Waals surface area (Å²) in [4.78, 5) is 33.4. The molecule has 0 spiro atoms. The van der Waals surface area contributed by atoms with E-state index in [4.69, 9.17) is 8.83 Å². The first kappa shape index (κ1) is 19.6. The van der Waals surface area contributed by atoms with E-state index in [0.717, 1.165) is 0 Å². The van der Waals surface area contributed by atoms with Gasteiger partial charge in [0, 0.05) is 36.4 Å². The van der Waals surface area contributed by atoms with E-state index in [-0.39, 0.29) is 56.6 Å². The number of azo groups is 1. The van der Waals surface area contributed by atoms with Crippen molar-refractivity contribution in [1.82, 2.24) is 9.97 Å². The predicted molar refractivity (Wildman–Crippen MR) is 121 cm³/mol. The van der Waals surface area contributed by atoms with Crippen LogP contribution in [0.15, 0.2) is 89.3 Å². The van der Waals surface area contributed by atoms with Crippen molar-refractivity contribution in [3.63, 3.8) is 0 Å². The molecule has 0 unspecified atom stereocenters. The molecule has 0 bridgehead atoms. The molecule has 0 atom stereocenters. The summed E-state index contributed by atoms with van der Waals surface area (Å²) in [6, 6.07) is 13.9. The number of phenolic OH excluding ortho intramolecular Hbond substituents is 2. The molecule has 34 heavy (non-hydrogen) atoms. The number of nitrogens with zero attached hydrogens (tertiary/aromatic N) is 4. The van der Waals surface area contributed by atoms with Crippen LogP contribution in [-0.4, -0.2) is 20.2 Å². The molecule has 0 saturated carbocycles. The smallest absolute Gasteiger partial charge is 0.184 e. The fourth-order valence-electron chi connectivity index (χ4n) is 3.61. The largest absolute Gasteiger partial charge is 0.508 e. The van der Waals surface area contributed by atoms with Gasteiger partial charge < -0.3 is 19.0 Å². The Morgan fingerprint density at radius 1 is 0.618 bits per heavy atom. The molecular weight excluding hydrogens is 440 g/mol. The first-order chi connectivity index (χ1) is 16.4. The molecule has 4 aliphatic rings. The average molecular weight is 452 g/mol. The molecule has 0 saturated heterocycles. The highest BCUT2D eigenvalue weighted by molar-refractivity contribution is 5.82. The Morgan fingerprint density at radius 2 is 1.06 bits per heavy atom. The SMILES string of the molecule is O=c1cc2oc3cc(O)ccc3nc-2c(N=Nc2cc(=O)cc3oc4cc(O)ccc4nc2-3)c1. The van der Waals surface area contributed by atoms with E-state index in [0.29, 0.717) is 22.2 Å². The third kappa shape index (κ3) is 3.30. The van der Waals surface area contributed by atoms with Gasteiger partial charge in [0.05, 0.1) is 0 Å². The van der Waals surface area contributed by atoms with Gasteiger partial charge in [-0.25, -0.2) is 9.97 Å². The lowest BCUT2D eigenvalue weighted by Crippen LogP contribution is -2.01. The molecule has 2 aromatic carbocycles. The molecular formula is C24H12N4O6. The number of aromatic nitrogens is 2. The number of aromatic hydroxyl groups is 2. The fraction of sp³-hybridized carbons (Fsp3) is 0. The molecule has 2 heterocycles. The number of phenols is 2. The molecule has 2 N–H and O–H groups in total. The van der Waals surface area contributed by atoms with Crippen molar-refractivity contribution in [1.29, 1.82) is 0 Å². The summed E-state index contributed by atoms with van der Waals surface area (Å²) < 4.78 is 11.5. The Hall–Kier alpha value is -5.12. The molecule has 0 aromatic heterocycles. The molecule has 0 fully saturated rings. The molecule has 0 amide bonds. The highest BCUT2D eigenvalue weighted by Crippen LogP contribution is 2.36. The molecule has 0 radical (unpaired) electrons. The Bertz CT molecular complexity index is 1700. The van der Waals surface area contributed by atoms with Crippen LogP contribution in [0.2, 0.25) is 0 Å². The van der Waals surface area contributed by atoms with E-state index in [9.17, 15) is 19.8 Å². The van der Waals surface area contributed by atoms with Crippen molar-refractivity contribution in [2.75, 3.05) is 0 Å². The van der Waals surface area contributed by atoms with Crippen molar-refractivity contribution >= 4 is 33.6 Å². The Labute approximate surface area is 188 Å². The van der Waals surface area contributed by atoms with Crippen molar-refractivity contribution in [3.8, 4) is 34.4 Å². The topological polar surface area (TPSA) is 151 Å². The predicted octanol–water partition coefficient (Wildman–Crippen LogP) is 4.73. The summed E-state index contributed by atoms with van der Waals surface area (Å²) >= 11 is 0. The Kier molecular flexibility index (Phi) is 4.14. The minimum absolute atomic E-state index is 0.000567. The van der Waals surface area contributed by atoms with Crippen LogP contribution < -0.4 is 10.9 Å². The highest BCUT2D eigenvalue weighted by Gasteiger charge is 2.18. The van der Waals surface area contributed by atoms with E-state index in [1.165, 1.54) is 48.5 Å². The summed E-state index contributed by atoms with van der Waals surface area (Å²) in [7, 11) is 0. The Balaban J connectivity index is 1.53. The zero-order valence-electron chi connectivity index (χ0n) is 17.1. The van der Waals surface area contributed by atoms with Gasteiger partial charge in [-0.05, 0) is 24.3 Å². The van der Waals surface area contributed by atoms with Gasteiger partial charge in [0.1, 0.15) is 45.3 Å². The van der Waals surface area contributed by atoms with Gasteiger partial charge in [0.25, 0.3) is 0 Å². The normalized spacial score (nSPS) is 11.9. The number of benzene rings is 4. The van der Waals surface area contributed by atoms with Crippen LogP contribution in [0.4, 0.5) is 11.4 Å². The van der Waals surface area contributed by atoms with Gasteiger partial charge in [0.2, 0.25) is 0 Å². The summed E-state index contributed by atoms with van der Waals surface area (Å²) in [5, 5.41) is 27.7. The molecule has 6 rings (SSSR count). The van der Waals surface area contributed by atoms with Gasteiger partial charge in [0.15, 0.2) is 33.5 Å². The first-order valence-corrected chi connectivity index (χ1v) is 10.00. The van der Waals surface area contributed by atoms with E-state index in [1.807, 2.05) is 0 Å². The quantitative estimate of drug-likeness (QED) is 0.283. The van der Waals surface area contributed by atoms with E-state index in [1.54, 1.807) is 12.1 Å². The number of fused-ring (bicyclic) bond motifs is 4. The number of rotatable bonds is 2. The summed E-state index contributed by atoms with van der Waals surface area (Å²) in [5.74, 6) is 0.336. The zero-order chi connectivity index (χ0) is 23.4. The van der Waals surface area contributed by atoms with Crippen LogP contribution in [0.25, 0.3) is 45.1 Å². The third-order valence-electron chi connectivity index (χ3n) is 5.11. The number of hydrogen-bond acceptors (Lipinski definition) is 10. The summed E-state index contributed by atoms with van der Waals surface area (Å²) in [6.45, 7) is 0. The summed E-state index contributed by atoms with van der Waals surface area (Å²) in [5.41, 5.74) is 1.56. The van der Waals surface area contributed by atoms with Crippen LogP contribution >= 0.6 is 0 Å². The standard InChI is InChI=1S/C24H12N4O6/c29-11-1-3-15-19(7-11)33-21-9-13(31)5-17(23(21)25-15)27-28-18-6-14(32)10-22-24(18)26-16-4-2-12(30)8-20(16)34-22/h1-10,29-30H. The van der Waals surface area contributed by atoms with Crippen LogP contribution in [0, 0.1) is 0 Å². The van der Waals surface area contributed by atoms with Crippen molar-refractivity contribution in [2.24, 2.45) is 10.2 Å². The maximum absolute atomic E-state index is 12.2. The maximum atomic E-state index is 12.2. The summed E-state index contributed by atoms with van der Waals surface area (Å²) in [6.07, 6.45) is 0. The first-order valence-electron chi connectivity index (χ1n) is 10.00. The second-order valence-electron chi connectivity index (χ2n) is 7.51. The van der Waals surface area contributed by atoms with Crippen LogP contribution in [0.5, 0.6) is 11.5 Å². The fourth-order valence-corrected chi connectivity index (χ4v) is 3.61. The van der Waals surface area contributed by atoms with Crippen LogP contribution in [0.3, 0.4) is 0 Å². The zero-order valence-corrected chi connectivity index (χ0v) is 17.1. The van der Waals surface area contributed by atoms with Gasteiger partial charge in [-0.1, -0.05) is 0 Å². The molecule has 2 aliphatic heterocycles. The van der Waals surface area contributed by atoms with Crippen LogP contribution in [-0.2, 0) is 0 Å². The van der Waals surface area contributed by atoms with E-state index < -0.39 is 0 Å². The third-order valence-corrected chi connectivity index (χ3v) is 5.11. The molecule has 10 heteroatoms. The minimum atomic E-state index is -0.382. The van der Waals surface area contributed by atoms with E-state index >= 15 is 0 Å². The molecule has 164 valence electrons. The average Bonchev–Trinajstić information content (AvgIpc) is 2.79. The lowest BCUT2D eigenvalue weighted by Gasteiger charge is -2.09. The lowest BCUT2D eigenvalue weighted by molar-refractivity contribution is 0.473. The van der Waals surface area contributed by atoms with Gasteiger partial charge in [-0.15, -0.1) is 10.2 Å². The van der Waals surface area contributed by atoms with Crippen molar-refractivity contribution < 1.29 is 19.0 Å². The molecule has 2 aliphatic carbocycles. The number of hydrogen-bond donors (Lipinski definition) is 2. The van der Waals surface area contributed by atoms with Crippen LogP contribution in [0.1, 0.15) is 0 Å². The van der Waals surface area contributed by atoms with E-state index in [2.05, 4.69) is 20.2 Å². The minimum Gasteiger partial charge on any atom is -0.508 e. The van der Waals surface area contributed by atoms with Crippen molar-refractivity contribution in [3.05, 3.63) is 81.1 Å². The Morgan fingerprint density at radius 3 is 1.50 bits per heavy atom. The highest BCUT2D eigenvalue weighted by atomic mass is 16.3. The van der Waals surface area contributed by atoms with Gasteiger partial charge in [-0.2, -0.15) is 0 Å². The van der Waals surface area contributed by atoms with Gasteiger partial charge in [-0.3, -0.25) is 9.59 Å². The van der Waals surface area contributed by atoms with Gasteiger partial charge >= 0.3 is 0 Å². The van der Waals surface area contributed by atoms with Crippen molar-refractivity contribution in [2.45, 2.75) is 0 Å². The lowest BCUT2D eigenvalue weighted by atomic mass is 10.1. The second-order valence-corrected chi connectivity index (χ2v) is 7.51.